The van der Waals surface area contributed by atoms with Crippen LogP contribution in [0.4, 0.5) is 11.4 Å². The van der Waals surface area contributed by atoms with E-state index in [0.717, 1.165) is 69.2 Å². The largest absolute Gasteiger partial charge is 0.381 e. The smallest absolute Gasteiger partial charge is 0.257 e. The van der Waals surface area contributed by atoms with Crippen molar-refractivity contribution in [3.8, 4) is 17.5 Å². The first kappa shape index (κ1) is 23.6. The number of amides is 1. The molecule has 9 heteroatoms. The second-order valence-corrected chi connectivity index (χ2v) is 9.61. The van der Waals surface area contributed by atoms with Crippen LogP contribution in [0.2, 0.25) is 0 Å². The van der Waals surface area contributed by atoms with Gasteiger partial charge >= 0.3 is 0 Å². The van der Waals surface area contributed by atoms with Crippen molar-refractivity contribution in [2.75, 3.05) is 49.6 Å². The van der Waals surface area contributed by atoms with Gasteiger partial charge in [0.2, 0.25) is 0 Å². The number of anilines is 2. The number of carbonyl (C=O) groups is 1. The predicted octanol–water partition coefficient (Wildman–Crippen LogP) is 3.73. The Labute approximate surface area is 215 Å². The van der Waals surface area contributed by atoms with Crippen molar-refractivity contribution in [2.24, 2.45) is 0 Å². The summed E-state index contributed by atoms with van der Waals surface area (Å²) in [6.07, 6.45) is 5.79. The molecule has 3 aliphatic heterocycles. The molecular weight excluding hydrogens is 470 g/mol. The number of carbonyl (C=O) groups excluding carboxylic acids is 1. The minimum absolute atomic E-state index is 0.235. The van der Waals surface area contributed by atoms with Gasteiger partial charge in [0.25, 0.3) is 5.91 Å². The average Bonchev–Trinajstić information content (AvgIpc) is 3.63. The second kappa shape index (κ2) is 10.3. The van der Waals surface area contributed by atoms with E-state index in [-0.39, 0.29) is 5.91 Å². The summed E-state index contributed by atoms with van der Waals surface area (Å²) in [5.41, 5.74) is 4.46. The van der Waals surface area contributed by atoms with Crippen LogP contribution in [0.15, 0.2) is 54.9 Å². The number of hydrogen-bond acceptors (Lipinski definition) is 7. The summed E-state index contributed by atoms with van der Waals surface area (Å²) in [6, 6.07) is 16.0. The van der Waals surface area contributed by atoms with Gasteiger partial charge in [-0.25, -0.2) is 0 Å². The molecule has 3 aliphatic rings. The Morgan fingerprint density at radius 2 is 1.86 bits per heavy atom. The van der Waals surface area contributed by atoms with E-state index >= 15 is 0 Å². The predicted molar refractivity (Wildman–Crippen MR) is 138 cm³/mol. The molecule has 0 atom stereocenters. The molecule has 2 aromatic carbocycles. The van der Waals surface area contributed by atoms with Gasteiger partial charge in [-0.3, -0.25) is 9.69 Å². The first-order valence-corrected chi connectivity index (χ1v) is 12.7. The second-order valence-electron chi connectivity index (χ2n) is 9.61. The lowest BCUT2D eigenvalue weighted by atomic mass is 10.1. The molecule has 1 aromatic heterocycles. The third-order valence-electron chi connectivity index (χ3n) is 7.40. The normalized spacial score (nSPS) is 18.2. The maximum Gasteiger partial charge on any atom is 0.257 e. The van der Waals surface area contributed by atoms with Gasteiger partial charge < -0.3 is 24.4 Å². The summed E-state index contributed by atoms with van der Waals surface area (Å²) < 4.78 is 7.36. The van der Waals surface area contributed by atoms with E-state index < -0.39 is 0 Å². The van der Waals surface area contributed by atoms with Crippen molar-refractivity contribution >= 4 is 17.3 Å². The molecule has 0 spiro atoms. The van der Waals surface area contributed by atoms with E-state index in [0.29, 0.717) is 35.2 Å². The third kappa shape index (κ3) is 4.91. The summed E-state index contributed by atoms with van der Waals surface area (Å²) in [5.74, 6) is 0.451. The average molecular weight is 500 g/mol. The standard InChI is InChI=1S/C28H29N5O4/c29-17-22-15-23(2-4-26(22)32-11-9-31(10-12-32)24-6-13-35-14-7-24)30-28(34)20-5-8-33(18-20)25-3-1-21-19-36-37-27(21)16-25/h1-5,8,15-16,18,24H,6-7,9-14,19H2,(H,30,34). The minimum atomic E-state index is -0.235. The zero-order valence-corrected chi connectivity index (χ0v) is 20.6. The molecule has 190 valence electrons. The third-order valence-corrected chi connectivity index (χ3v) is 7.40. The summed E-state index contributed by atoms with van der Waals surface area (Å²) >= 11 is 0. The van der Waals surface area contributed by atoms with Crippen molar-refractivity contribution in [1.29, 1.82) is 5.26 Å². The van der Waals surface area contributed by atoms with Crippen LogP contribution < -0.4 is 15.1 Å². The summed E-state index contributed by atoms with van der Waals surface area (Å²) in [6.45, 7) is 5.85. The number of benzene rings is 2. The van der Waals surface area contributed by atoms with Crippen LogP contribution >= 0.6 is 0 Å². The number of aromatic nitrogens is 1. The highest BCUT2D eigenvalue weighted by Gasteiger charge is 2.26. The molecule has 0 bridgehead atoms. The molecular formula is C28H29N5O4. The first-order chi connectivity index (χ1) is 18.2. The highest BCUT2D eigenvalue weighted by molar-refractivity contribution is 6.04. The Morgan fingerprint density at radius 3 is 2.68 bits per heavy atom. The lowest BCUT2D eigenvalue weighted by Gasteiger charge is -2.41. The molecule has 9 nitrogen and oxygen atoms in total. The Bertz CT molecular complexity index is 1330. The molecule has 4 heterocycles. The molecule has 1 N–H and O–H groups in total. The maximum absolute atomic E-state index is 12.9. The summed E-state index contributed by atoms with van der Waals surface area (Å²) in [4.78, 5) is 27.9. The van der Waals surface area contributed by atoms with Crippen LogP contribution in [0.1, 0.15) is 34.3 Å². The Kier molecular flexibility index (Phi) is 6.53. The zero-order chi connectivity index (χ0) is 25.2. The van der Waals surface area contributed by atoms with Gasteiger partial charge in [-0.15, -0.1) is 0 Å². The quantitative estimate of drug-likeness (QED) is 0.535. The fourth-order valence-corrected chi connectivity index (χ4v) is 5.31. The summed E-state index contributed by atoms with van der Waals surface area (Å²) in [7, 11) is 0. The van der Waals surface area contributed by atoms with Gasteiger partial charge in [0.1, 0.15) is 12.7 Å². The van der Waals surface area contributed by atoms with Crippen molar-refractivity contribution in [3.05, 3.63) is 71.5 Å². The van der Waals surface area contributed by atoms with E-state index in [1.54, 1.807) is 18.3 Å². The topological polar surface area (TPSA) is 92.0 Å². The molecule has 0 unspecified atom stereocenters. The fraction of sp³-hybridized carbons (Fsp3) is 0.357. The lowest BCUT2D eigenvalue weighted by molar-refractivity contribution is -0.194. The van der Waals surface area contributed by atoms with E-state index in [4.69, 9.17) is 14.5 Å². The molecule has 2 fully saturated rings. The molecule has 1 amide bonds. The lowest BCUT2D eigenvalue weighted by Crippen LogP contribution is -2.51. The number of piperazine rings is 1. The van der Waals surface area contributed by atoms with Gasteiger partial charge in [0.05, 0.1) is 16.8 Å². The number of rotatable bonds is 5. The fourth-order valence-electron chi connectivity index (χ4n) is 5.31. The van der Waals surface area contributed by atoms with Crippen molar-refractivity contribution in [3.63, 3.8) is 0 Å². The highest BCUT2D eigenvalue weighted by Crippen LogP contribution is 2.29. The van der Waals surface area contributed by atoms with E-state index in [2.05, 4.69) is 21.2 Å². The number of nitrogens with one attached hydrogen (secondary N) is 1. The van der Waals surface area contributed by atoms with Crippen molar-refractivity contribution < 1.29 is 19.3 Å². The molecule has 3 aromatic rings. The molecule has 6 rings (SSSR count). The zero-order valence-electron chi connectivity index (χ0n) is 20.6. The number of ether oxygens (including phenoxy) is 1. The van der Waals surface area contributed by atoms with Gasteiger partial charge in [-0.1, -0.05) is 6.07 Å². The Morgan fingerprint density at radius 1 is 1.03 bits per heavy atom. The Balaban J connectivity index is 1.10. The minimum Gasteiger partial charge on any atom is -0.381 e. The maximum atomic E-state index is 12.9. The molecule has 0 radical (unpaired) electrons. The van der Waals surface area contributed by atoms with E-state index in [9.17, 15) is 10.1 Å². The van der Waals surface area contributed by atoms with E-state index in [1.165, 1.54) is 0 Å². The van der Waals surface area contributed by atoms with Crippen LogP contribution in [0.5, 0.6) is 5.75 Å². The first-order valence-electron chi connectivity index (χ1n) is 12.7. The molecule has 37 heavy (non-hydrogen) atoms. The molecule has 0 aliphatic carbocycles. The van der Waals surface area contributed by atoms with Crippen molar-refractivity contribution in [2.45, 2.75) is 25.5 Å². The SMILES string of the molecule is N#Cc1cc(NC(=O)c2ccn(-c3ccc4c(c3)OOC4)c2)ccc1N1CCN(C2CCOCC2)CC1. The number of nitriles is 1. The monoisotopic (exact) mass is 499 g/mol. The van der Waals surface area contributed by atoms with Crippen LogP contribution in [-0.4, -0.2) is 60.8 Å². The van der Waals surface area contributed by atoms with Gasteiger partial charge in [-0.2, -0.15) is 10.1 Å². The van der Waals surface area contributed by atoms with Gasteiger partial charge in [-0.05, 0) is 43.2 Å². The molecule has 2 saturated heterocycles. The number of nitrogens with zero attached hydrogens (tertiary/aromatic N) is 4. The van der Waals surface area contributed by atoms with Gasteiger partial charge in [0, 0.05) is 80.8 Å². The van der Waals surface area contributed by atoms with Crippen LogP contribution in [0, 0.1) is 11.3 Å². The Hall–Kier alpha value is -3.84. The molecule has 0 saturated carbocycles. The summed E-state index contributed by atoms with van der Waals surface area (Å²) in [5, 5.41) is 12.8. The van der Waals surface area contributed by atoms with Gasteiger partial charge in [0.15, 0.2) is 5.75 Å². The number of fused-ring (bicyclic) bond motifs is 1. The van der Waals surface area contributed by atoms with Crippen LogP contribution in [0.3, 0.4) is 0 Å². The number of hydrogen-bond donors (Lipinski definition) is 1. The van der Waals surface area contributed by atoms with E-state index in [1.807, 2.05) is 41.1 Å². The van der Waals surface area contributed by atoms with Crippen LogP contribution in [-0.2, 0) is 16.2 Å². The highest BCUT2D eigenvalue weighted by atomic mass is 17.2. The van der Waals surface area contributed by atoms with Crippen molar-refractivity contribution in [1.82, 2.24) is 9.47 Å². The van der Waals surface area contributed by atoms with Crippen LogP contribution in [0.25, 0.3) is 5.69 Å².